The highest BCUT2D eigenvalue weighted by molar-refractivity contribution is 5.81. The Morgan fingerprint density at radius 3 is 2.81 bits per heavy atom. The van der Waals surface area contributed by atoms with Crippen molar-refractivity contribution in [2.75, 3.05) is 7.05 Å². The van der Waals surface area contributed by atoms with Crippen LogP contribution in [0, 0.1) is 5.92 Å². The van der Waals surface area contributed by atoms with E-state index < -0.39 is 0 Å². The molecule has 1 aliphatic carbocycles. The van der Waals surface area contributed by atoms with Crippen LogP contribution in [0.5, 0.6) is 0 Å². The molecule has 2 aliphatic rings. The molecule has 1 aromatic heterocycles. The minimum Gasteiger partial charge on any atom is -0.340 e. The molecule has 1 N–H and O–H groups in total. The van der Waals surface area contributed by atoms with Crippen molar-refractivity contribution in [1.82, 2.24) is 15.2 Å². The fourth-order valence-electron chi connectivity index (χ4n) is 3.80. The van der Waals surface area contributed by atoms with Crippen molar-refractivity contribution in [3.05, 3.63) is 30.1 Å². The van der Waals surface area contributed by atoms with E-state index >= 15 is 0 Å². The lowest BCUT2D eigenvalue weighted by atomic mass is 9.77. The standard InChI is InChI=1S/C17H25N3O/c1-20(12-13-8-10-18-11-9-13)17(21)16-7-6-14-4-2-3-5-15(14)19-16/h8-11,14-16,19H,2-7,12H2,1H3. The van der Waals surface area contributed by atoms with Crippen molar-refractivity contribution in [1.29, 1.82) is 0 Å². The maximum absolute atomic E-state index is 12.6. The first-order valence-corrected chi connectivity index (χ1v) is 8.14. The van der Waals surface area contributed by atoms with E-state index in [2.05, 4.69) is 10.3 Å². The highest BCUT2D eigenvalue weighted by atomic mass is 16.2. The Labute approximate surface area is 126 Å². The molecule has 3 atom stereocenters. The largest absolute Gasteiger partial charge is 0.340 e. The Morgan fingerprint density at radius 1 is 1.24 bits per heavy atom. The van der Waals surface area contributed by atoms with E-state index in [1.54, 1.807) is 12.4 Å². The summed E-state index contributed by atoms with van der Waals surface area (Å²) in [5.41, 5.74) is 1.13. The number of amides is 1. The molecular formula is C17H25N3O. The smallest absolute Gasteiger partial charge is 0.239 e. The van der Waals surface area contributed by atoms with Gasteiger partial charge in [0.1, 0.15) is 0 Å². The van der Waals surface area contributed by atoms with Crippen LogP contribution in [-0.4, -0.2) is 34.9 Å². The second-order valence-corrected chi connectivity index (χ2v) is 6.50. The molecule has 1 saturated heterocycles. The molecule has 0 radical (unpaired) electrons. The number of piperidine rings is 1. The molecular weight excluding hydrogens is 262 g/mol. The Balaban J connectivity index is 1.57. The number of likely N-dealkylation sites (N-methyl/N-ethyl adjacent to an activating group) is 1. The van der Waals surface area contributed by atoms with Crippen LogP contribution in [-0.2, 0) is 11.3 Å². The second-order valence-electron chi connectivity index (χ2n) is 6.50. The first-order chi connectivity index (χ1) is 10.2. The van der Waals surface area contributed by atoms with Gasteiger partial charge in [-0.05, 0) is 49.3 Å². The van der Waals surface area contributed by atoms with Crippen LogP contribution in [0.1, 0.15) is 44.1 Å². The lowest BCUT2D eigenvalue weighted by Crippen LogP contribution is -2.55. The predicted molar refractivity (Wildman–Crippen MR) is 82.6 cm³/mol. The van der Waals surface area contributed by atoms with Crippen molar-refractivity contribution in [2.45, 2.75) is 57.2 Å². The zero-order valence-corrected chi connectivity index (χ0v) is 12.8. The Bertz CT molecular complexity index is 476. The van der Waals surface area contributed by atoms with E-state index in [1.165, 1.54) is 32.1 Å². The van der Waals surface area contributed by atoms with E-state index in [1.807, 2.05) is 24.1 Å². The molecule has 1 saturated carbocycles. The minimum absolute atomic E-state index is 0.0104. The van der Waals surface area contributed by atoms with Crippen LogP contribution in [0.15, 0.2) is 24.5 Å². The fraction of sp³-hybridized carbons (Fsp3) is 0.647. The summed E-state index contributed by atoms with van der Waals surface area (Å²) in [5.74, 6) is 1.03. The molecule has 1 amide bonds. The SMILES string of the molecule is CN(Cc1ccncc1)C(=O)C1CCC2CCCCC2N1. The second kappa shape index (κ2) is 6.56. The number of carbonyl (C=O) groups excluding carboxylic acids is 1. The molecule has 0 bridgehead atoms. The van der Waals surface area contributed by atoms with Gasteiger partial charge in [0.2, 0.25) is 5.91 Å². The predicted octanol–water partition coefficient (Wildman–Crippen LogP) is 2.35. The number of rotatable bonds is 3. The third kappa shape index (κ3) is 3.43. The maximum atomic E-state index is 12.6. The van der Waals surface area contributed by atoms with Gasteiger partial charge in [0.25, 0.3) is 0 Å². The number of hydrogen-bond donors (Lipinski definition) is 1. The zero-order chi connectivity index (χ0) is 14.7. The molecule has 3 rings (SSSR count). The summed E-state index contributed by atoms with van der Waals surface area (Å²) >= 11 is 0. The molecule has 21 heavy (non-hydrogen) atoms. The third-order valence-electron chi connectivity index (χ3n) is 4.99. The number of nitrogens with zero attached hydrogens (tertiary/aromatic N) is 2. The molecule has 4 heteroatoms. The van der Waals surface area contributed by atoms with E-state index in [-0.39, 0.29) is 11.9 Å². The van der Waals surface area contributed by atoms with Crippen molar-refractivity contribution in [3.8, 4) is 0 Å². The van der Waals surface area contributed by atoms with Gasteiger partial charge in [-0.3, -0.25) is 9.78 Å². The molecule has 0 aromatic carbocycles. The van der Waals surface area contributed by atoms with Gasteiger partial charge in [0.15, 0.2) is 0 Å². The summed E-state index contributed by atoms with van der Waals surface area (Å²) in [4.78, 5) is 18.5. The van der Waals surface area contributed by atoms with Gasteiger partial charge in [-0.1, -0.05) is 12.8 Å². The van der Waals surface area contributed by atoms with E-state index in [9.17, 15) is 4.79 Å². The van der Waals surface area contributed by atoms with Crippen molar-refractivity contribution in [3.63, 3.8) is 0 Å². The highest BCUT2D eigenvalue weighted by Crippen LogP contribution is 2.32. The van der Waals surface area contributed by atoms with Crippen LogP contribution in [0.3, 0.4) is 0 Å². The molecule has 114 valence electrons. The van der Waals surface area contributed by atoms with E-state index in [0.717, 1.165) is 17.9 Å². The number of aromatic nitrogens is 1. The Kier molecular flexibility index (Phi) is 4.54. The minimum atomic E-state index is 0.0104. The van der Waals surface area contributed by atoms with Crippen LogP contribution < -0.4 is 5.32 Å². The molecule has 1 aromatic rings. The Hall–Kier alpha value is -1.42. The molecule has 1 aliphatic heterocycles. The van der Waals surface area contributed by atoms with Crippen LogP contribution in [0.25, 0.3) is 0 Å². The van der Waals surface area contributed by atoms with E-state index in [0.29, 0.717) is 12.6 Å². The number of carbonyl (C=O) groups is 1. The van der Waals surface area contributed by atoms with Crippen LogP contribution >= 0.6 is 0 Å². The van der Waals surface area contributed by atoms with Gasteiger partial charge < -0.3 is 10.2 Å². The summed E-state index contributed by atoms with van der Waals surface area (Å²) in [6.45, 7) is 0.660. The van der Waals surface area contributed by atoms with Gasteiger partial charge in [-0.2, -0.15) is 0 Å². The maximum Gasteiger partial charge on any atom is 0.239 e. The summed E-state index contributed by atoms with van der Waals surface area (Å²) in [6.07, 6.45) is 11.0. The first kappa shape index (κ1) is 14.5. The monoisotopic (exact) mass is 287 g/mol. The average molecular weight is 287 g/mol. The molecule has 2 heterocycles. The molecule has 2 fully saturated rings. The average Bonchev–Trinajstić information content (AvgIpc) is 2.54. The first-order valence-electron chi connectivity index (χ1n) is 8.14. The number of fused-ring (bicyclic) bond motifs is 1. The van der Waals surface area contributed by atoms with Gasteiger partial charge in [0.05, 0.1) is 6.04 Å². The lowest BCUT2D eigenvalue weighted by Gasteiger charge is -2.40. The van der Waals surface area contributed by atoms with Crippen LogP contribution in [0.2, 0.25) is 0 Å². The number of nitrogens with one attached hydrogen (secondary N) is 1. The topological polar surface area (TPSA) is 45.2 Å². The zero-order valence-electron chi connectivity index (χ0n) is 12.8. The molecule has 4 nitrogen and oxygen atoms in total. The quantitative estimate of drug-likeness (QED) is 0.928. The lowest BCUT2D eigenvalue weighted by molar-refractivity contribution is -0.134. The summed E-state index contributed by atoms with van der Waals surface area (Å²) in [6, 6.07) is 4.51. The Morgan fingerprint density at radius 2 is 2.00 bits per heavy atom. The fourth-order valence-corrected chi connectivity index (χ4v) is 3.80. The number of hydrogen-bond acceptors (Lipinski definition) is 3. The van der Waals surface area contributed by atoms with E-state index in [4.69, 9.17) is 0 Å². The molecule has 3 unspecified atom stereocenters. The summed E-state index contributed by atoms with van der Waals surface area (Å²) < 4.78 is 0. The number of pyridine rings is 1. The van der Waals surface area contributed by atoms with Gasteiger partial charge in [0, 0.05) is 32.0 Å². The van der Waals surface area contributed by atoms with Gasteiger partial charge in [-0.15, -0.1) is 0 Å². The normalized spacial score (nSPS) is 28.7. The summed E-state index contributed by atoms with van der Waals surface area (Å²) in [7, 11) is 1.90. The van der Waals surface area contributed by atoms with Crippen LogP contribution in [0.4, 0.5) is 0 Å². The summed E-state index contributed by atoms with van der Waals surface area (Å²) in [5, 5.41) is 3.62. The van der Waals surface area contributed by atoms with Crippen molar-refractivity contribution < 1.29 is 4.79 Å². The van der Waals surface area contributed by atoms with Crippen molar-refractivity contribution >= 4 is 5.91 Å². The highest BCUT2D eigenvalue weighted by Gasteiger charge is 2.35. The van der Waals surface area contributed by atoms with Crippen molar-refractivity contribution in [2.24, 2.45) is 5.92 Å². The van der Waals surface area contributed by atoms with Gasteiger partial charge in [-0.25, -0.2) is 0 Å². The van der Waals surface area contributed by atoms with Gasteiger partial charge >= 0.3 is 0 Å². The third-order valence-corrected chi connectivity index (χ3v) is 4.99. The molecule has 0 spiro atoms.